The van der Waals surface area contributed by atoms with Gasteiger partial charge < -0.3 is 9.84 Å². The van der Waals surface area contributed by atoms with E-state index in [1.807, 2.05) is 6.92 Å². The van der Waals surface area contributed by atoms with E-state index in [9.17, 15) is 5.11 Å². The second kappa shape index (κ2) is 5.19. The second-order valence-electron chi connectivity index (χ2n) is 3.42. The van der Waals surface area contributed by atoms with Gasteiger partial charge in [-0.05, 0) is 31.5 Å². The summed E-state index contributed by atoms with van der Waals surface area (Å²) in [5.74, 6) is 0.605. The summed E-state index contributed by atoms with van der Waals surface area (Å²) in [6.45, 7) is 7.20. The molecule has 1 N–H and O–H groups in total. The predicted octanol–water partition coefficient (Wildman–Crippen LogP) is 3.35. The van der Waals surface area contributed by atoms with Crippen molar-refractivity contribution in [3.05, 3.63) is 41.4 Å². The molecule has 0 amide bonds. The van der Waals surface area contributed by atoms with Gasteiger partial charge in [0.1, 0.15) is 11.9 Å². The number of ether oxygens (including phenoxy) is 1. The number of hydrogen-bond acceptors (Lipinski definition) is 2. The monoisotopic (exact) mass is 226 g/mol. The number of halogens is 1. The van der Waals surface area contributed by atoms with E-state index in [2.05, 4.69) is 6.58 Å². The SMILES string of the molecule is C=CC(C)Oc1ccc([C@H](C)O)cc1Cl. The molecule has 1 aromatic carbocycles. The van der Waals surface area contributed by atoms with Gasteiger partial charge in [0.25, 0.3) is 0 Å². The van der Waals surface area contributed by atoms with Crippen molar-refractivity contribution in [2.24, 2.45) is 0 Å². The molecule has 1 unspecified atom stereocenters. The first-order valence-corrected chi connectivity index (χ1v) is 5.19. The highest BCUT2D eigenvalue weighted by atomic mass is 35.5. The molecule has 1 rings (SSSR count). The lowest BCUT2D eigenvalue weighted by Crippen LogP contribution is -2.07. The standard InChI is InChI=1S/C12H15ClO2/c1-4-8(2)15-12-6-5-10(9(3)14)7-11(12)13/h4-9,14H,1H2,2-3H3/t8?,9-/m0/s1. The predicted molar refractivity (Wildman–Crippen MR) is 62.4 cm³/mol. The third-order valence-electron chi connectivity index (χ3n) is 2.08. The van der Waals surface area contributed by atoms with E-state index in [1.165, 1.54) is 0 Å². The van der Waals surface area contributed by atoms with Crippen molar-refractivity contribution < 1.29 is 9.84 Å². The molecular weight excluding hydrogens is 212 g/mol. The first-order valence-electron chi connectivity index (χ1n) is 4.81. The maximum absolute atomic E-state index is 9.35. The molecule has 0 aliphatic heterocycles. The quantitative estimate of drug-likeness (QED) is 0.798. The molecule has 2 atom stereocenters. The minimum atomic E-state index is -0.520. The Morgan fingerprint density at radius 2 is 2.13 bits per heavy atom. The fourth-order valence-electron chi connectivity index (χ4n) is 1.12. The first-order chi connectivity index (χ1) is 7.04. The molecule has 0 aliphatic carbocycles. The summed E-state index contributed by atoms with van der Waals surface area (Å²) in [5, 5.41) is 9.85. The van der Waals surface area contributed by atoms with Crippen LogP contribution < -0.4 is 4.74 Å². The normalized spacial score (nSPS) is 14.4. The van der Waals surface area contributed by atoms with E-state index in [1.54, 1.807) is 31.2 Å². The maximum Gasteiger partial charge on any atom is 0.138 e. The van der Waals surface area contributed by atoms with Crippen LogP contribution >= 0.6 is 11.6 Å². The Hall–Kier alpha value is -0.990. The molecule has 0 fully saturated rings. The van der Waals surface area contributed by atoms with Gasteiger partial charge in [0.05, 0.1) is 11.1 Å². The molecule has 0 spiro atoms. The lowest BCUT2D eigenvalue weighted by molar-refractivity contribution is 0.199. The van der Waals surface area contributed by atoms with Crippen LogP contribution in [-0.2, 0) is 0 Å². The molecule has 2 nitrogen and oxygen atoms in total. The van der Waals surface area contributed by atoms with E-state index >= 15 is 0 Å². The number of aliphatic hydroxyl groups is 1. The summed E-state index contributed by atoms with van der Waals surface area (Å²) in [6.07, 6.45) is 1.09. The maximum atomic E-state index is 9.35. The minimum Gasteiger partial charge on any atom is -0.485 e. The Balaban J connectivity index is 2.88. The van der Waals surface area contributed by atoms with Crippen LogP contribution in [0.5, 0.6) is 5.75 Å². The zero-order valence-electron chi connectivity index (χ0n) is 8.90. The first kappa shape index (κ1) is 12.1. The zero-order chi connectivity index (χ0) is 11.4. The van der Waals surface area contributed by atoms with E-state index in [0.717, 1.165) is 5.56 Å². The van der Waals surface area contributed by atoms with Crippen LogP contribution in [0.15, 0.2) is 30.9 Å². The topological polar surface area (TPSA) is 29.5 Å². The van der Waals surface area contributed by atoms with Crippen LogP contribution in [0.1, 0.15) is 25.5 Å². The largest absolute Gasteiger partial charge is 0.485 e. The summed E-state index contributed by atoms with van der Waals surface area (Å²) in [5.41, 5.74) is 0.776. The summed E-state index contributed by atoms with van der Waals surface area (Å²) >= 11 is 6.00. The fraction of sp³-hybridized carbons (Fsp3) is 0.333. The minimum absolute atomic E-state index is 0.0834. The second-order valence-corrected chi connectivity index (χ2v) is 3.83. The van der Waals surface area contributed by atoms with Crippen molar-refractivity contribution in [3.63, 3.8) is 0 Å². The molecule has 0 aromatic heterocycles. The van der Waals surface area contributed by atoms with Crippen molar-refractivity contribution >= 4 is 11.6 Å². The number of hydrogen-bond donors (Lipinski definition) is 1. The molecule has 0 saturated heterocycles. The Kier molecular flexibility index (Phi) is 4.18. The third-order valence-corrected chi connectivity index (χ3v) is 2.38. The van der Waals surface area contributed by atoms with Gasteiger partial charge in [0.15, 0.2) is 0 Å². The molecule has 0 bridgehead atoms. The lowest BCUT2D eigenvalue weighted by atomic mass is 10.1. The van der Waals surface area contributed by atoms with Crippen LogP contribution in [0.4, 0.5) is 0 Å². The van der Waals surface area contributed by atoms with Crippen molar-refractivity contribution in [2.45, 2.75) is 26.1 Å². The Bertz CT molecular complexity index is 347. The van der Waals surface area contributed by atoms with Gasteiger partial charge in [-0.25, -0.2) is 0 Å². The van der Waals surface area contributed by atoms with Gasteiger partial charge in [-0.15, -0.1) is 0 Å². The molecule has 0 radical (unpaired) electrons. The smallest absolute Gasteiger partial charge is 0.138 e. The molecule has 3 heteroatoms. The van der Waals surface area contributed by atoms with Gasteiger partial charge in [-0.1, -0.05) is 30.3 Å². The average molecular weight is 227 g/mol. The number of benzene rings is 1. The highest BCUT2D eigenvalue weighted by Gasteiger charge is 2.07. The van der Waals surface area contributed by atoms with Gasteiger partial charge in [0, 0.05) is 0 Å². The van der Waals surface area contributed by atoms with Crippen molar-refractivity contribution in [1.82, 2.24) is 0 Å². The molecule has 82 valence electrons. The van der Waals surface area contributed by atoms with Gasteiger partial charge in [-0.3, -0.25) is 0 Å². The van der Waals surface area contributed by atoms with Crippen LogP contribution in [0.2, 0.25) is 5.02 Å². The van der Waals surface area contributed by atoms with Crippen LogP contribution in [0.25, 0.3) is 0 Å². The van der Waals surface area contributed by atoms with Crippen LogP contribution in [0.3, 0.4) is 0 Å². The van der Waals surface area contributed by atoms with Gasteiger partial charge >= 0.3 is 0 Å². The fourth-order valence-corrected chi connectivity index (χ4v) is 1.35. The third kappa shape index (κ3) is 3.26. The molecule has 0 heterocycles. The van der Waals surface area contributed by atoms with Crippen molar-refractivity contribution in [1.29, 1.82) is 0 Å². The molecule has 15 heavy (non-hydrogen) atoms. The molecule has 0 aliphatic rings. The molecule has 1 aromatic rings. The summed E-state index contributed by atoms with van der Waals surface area (Å²) in [7, 11) is 0. The summed E-state index contributed by atoms with van der Waals surface area (Å²) in [6, 6.07) is 5.25. The van der Waals surface area contributed by atoms with E-state index in [-0.39, 0.29) is 6.10 Å². The summed E-state index contributed by atoms with van der Waals surface area (Å²) < 4.78 is 5.50. The van der Waals surface area contributed by atoms with Gasteiger partial charge in [0.2, 0.25) is 0 Å². The number of aliphatic hydroxyl groups excluding tert-OH is 1. The Morgan fingerprint density at radius 3 is 2.60 bits per heavy atom. The van der Waals surface area contributed by atoms with E-state index < -0.39 is 6.10 Å². The summed E-state index contributed by atoms with van der Waals surface area (Å²) in [4.78, 5) is 0. The average Bonchev–Trinajstić information content (AvgIpc) is 2.20. The zero-order valence-corrected chi connectivity index (χ0v) is 9.66. The van der Waals surface area contributed by atoms with Crippen LogP contribution in [-0.4, -0.2) is 11.2 Å². The van der Waals surface area contributed by atoms with Crippen LogP contribution in [0, 0.1) is 0 Å². The Morgan fingerprint density at radius 1 is 1.47 bits per heavy atom. The number of rotatable bonds is 4. The van der Waals surface area contributed by atoms with E-state index in [4.69, 9.17) is 16.3 Å². The highest BCUT2D eigenvalue weighted by Crippen LogP contribution is 2.28. The highest BCUT2D eigenvalue weighted by molar-refractivity contribution is 6.32. The Labute approximate surface area is 95.1 Å². The van der Waals surface area contributed by atoms with Crippen molar-refractivity contribution in [2.75, 3.05) is 0 Å². The van der Waals surface area contributed by atoms with Gasteiger partial charge in [-0.2, -0.15) is 0 Å². The van der Waals surface area contributed by atoms with E-state index in [0.29, 0.717) is 10.8 Å². The molecule has 0 saturated carbocycles. The lowest BCUT2D eigenvalue weighted by Gasteiger charge is -2.13. The molecular formula is C12H15ClO2. The van der Waals surface area contributed by atoms with Crippen molar-refractivity contribution in [3.8, 4) is 5.75 Å².